The van der Waals surface area contributed by atoms with Gasteiger partial charge in [0.05, 0.1) is 20.9 Å². The van der Waals surface area contributed by atoms with Gasteiger partial charge in [-0.15, -0.1) is 11.3 Å². The summed E-state index contributed by atoms with van der Waals surface area (Å²) >= 11 is 1.37. The van der Waals surface area contributed by atoms with Crippen molar-refractivity contribution in [3.63, 3.8) is 0 Å². The molecular formula is C29H30F3N5O4S2. The van der Waals surface area contributed by atoms with E-state index < -0.39 is 33.6 Å². The van der Waals surface area contributed by atoms with Crippen molar-refractivity contribution in [3.05, 3.63) is 54.4 Å². The average Bonchev–Trinajstić information content (AvgIpc) is 3.33. The van der Waals surface area contributed by atoms with Gasteiger partial charge in [-0.3, -0.25) is 9.78 Å². The highest BCUT2D eigenvalue weighted by Crippen LogP contribution is 2.42. The fraction of sp³-hybridized carbons (Fsp3) is 0.414. The van der Waals surface area contributed by atoms with Crippen molar-refractivity contribution >= 4 is 38.1 Å². The number of thiazole rings is 1. The summed E-state index contributed by atoms with van der Waals surface area (Å²) in [4.78, 5) is 29.8. The number of hydrogen-bond acceptors (Lipinski definition) is 8. The number of nitrogens with zero attached hydrogens (tertiary/aromatic N) is 4. The first kappa shape index (κ1) is 31.0. The molecule has 1 atom stereocenters. The lowest BCUT2D eigenvalue weighted by atomic mass is 9.81. The van der Waals surface area contributed by atoms with E-state index in [4.69, 9.17) is 4.98 Å². The van der Waals surface area contributed by atoms with Crippen LogP contribution in [0, 0.1) is 11.3 Å². The maximum atomic E-state index is 13.2. The molecule has 5 rings (SSSR count). The molecule has 2 N–H and O–H groups in total. The van der Waals surface area contributed by atoms with E-state index in [1.54, 1.807) is 36.8 Å². The standard InChI is InChI=1S/C29H30F3N5O4S2/c1-16(29(30,31)32)37-43(40,41)24-8-7-20(19-9-10-33-14-21(19)24)25-22(11-17-5-4-6-17)36-26(42-25)23-12-18(34-15-35-23)13-28(2,3)27(38)39/h7-10,12,14-17,37H,4-6,11,13H2,1-3H3,(H,38,39). The zero-order valence-corrected chi connectivity index (χ0v) is 25.3. The largest absolute Gasteiger partial charge is 0.481 e. The molecule has 0 spiro atoms. The summed E-state index contributed by atoms with van der Waals surface area (Å²) in [6.07, 6.45) is 3.63. The summed E-state index contributed by atoms with van der Waals surface area (Å²) in [5, 5.41) is 10.8. The molecule has 228 valence electrons. The zero-order valence-electron chi connectivity index (χ0n) is 23.6. The highest BCUT2D eigenvalue weighted by Gasteiger charge is 2.39. The van der Waals surface area contributed by atoms with Crippen molar-refractivity contribution < 1.29 is 31.5 Å². The molecule has 43 heavy (non-hydrogen) atoms. The topological polar surface area (TPSA) is 135 Å². The second-order valence-corrected chi connectivity index (χ2v) is 14.2. The molecule has 4 aromatic rings. The molecule has 1 aliphatic carbocycles. The van der Waals surface area contributed by atoms with E-state index in [1.165, 1.54) is 36.1 Å². The molecular weight excluding hydrogens is 603 g/mol. The lowest BCUT2D eigenvalue weighted by Crippen LogP contribution is -2.43. The van der Waals surface area contributed by atoms with Gasteiger partial charge in [-0.1, -0.05) is 25.3 Å². The van der Waals surface area contributed by atoms with Crippen LogP contribution in [0.1, 0.15) is 51.4 Å². The van der Waals surface area contributed by atoms with Crippen molar-refractivity contribution in [2.45, 2.75) is 70.0 Å². The number of carboxylic acid groups (broad SMARTS) is 1. The van der Waals surface area contributed by atoms with Crippen molar-refractivity contribution in [1.82, 2.24) is 24.7 Å². The van der Waals surface area contributed by atoms with E-state index in [0.29, 0.717) is 39.7 Å². The molecule has 0 bridgehead atoms. The van der Waals surface area contributed by atoms with Gasteiger partial charge >= 0.3 is 12.1 Å². The number of halogens is 3. The number of hydrogen-bond donors (Lipinski definition) is 2. The number of sulfonamides is 1. The van der Waals surface area contributed by atoms with E-state index in [0.717, 1.165) is 36.8 Å². The van der Waals surface area contributed by atoms with Crippen LogP contribution in [0.25, 0.3) is 31.9 Å². The Labute approximate surface area is 250 Å². The summed E-state index contributed by atoms with van der Waals surface area (Å²) in [6.45, 7) is 4.00. The van der Waals surface area contributed by atoms with Crippen molar-refractivity contribution in [3.8, 4) is 21.1 Å². The number of fused-ring (bicyclic) bond motifs is 1. The van der Waals surface area contributed by atoms with Gasteiger partial charge in [0, 0.05) is 35.5 Å². The first-order valence-electron chi connectivity index (χ1n) is 13.7. The highest BCUT2D eigenvalue weighted by molar-refractivity contribution is 7.89. The third-order valence-electron chi connectivity index (χ3n) is 7.68. The number of carbonyl (C=O) groups is 1. The monoisotopic (exact) mass is 633 g/mol. The van der Waals surface area contributed by atoms with Crippen LogP contribution in [0.2, 0.25) is 0 Å². The normalized spacial score (nSPS) is 15.4. The predicted octanol–water partition coefficient (Wildman–Crippen LogP) is 6.04. The minimum Gasteiger partial charge on any atom is -0.481 e. The minimum absolute atomic E-state index is 0.187. The van der Waals surface area contributed by atoms with Gasteiger partial charge in [-0.05, 0) is 56.7 Å². The lowest BCUT2D eigenvalue weighted by molar-refractivity contribution is -0.147. The van der Waals surface area contributed by atoms with Crippen LogP contribution in [0.4, 0.5) is 13.2 Å². The second-order valence-electron chi connectivity index (χ2n) is 11.5. The van der Waals surface area contributed by atoms with Gasteiger partial charge in [0.25, 0.3) is 0 Å². The highest BCUT2D eigenvalue weighted by atomic mass is 32.2. The number of alkyl halides is 3. The van der Waals surface area contributed by atoms with E-state index in [1.807, 2.05) is 0 Å². The third kappa shape index (κ3) is 6.55. The van der Waals surface area contributed by atoms with Crippen LogP contribution in [-0.2, 0) is 27.7 Å². The quantitative estimate of drug-likeness (QED) is 0.216. The van der Waals surface area contributed by atoms with Crippen molar-refractivity contribution in [2.75, 3.05) is 0 Å². The molecule has 1 aliphatic rings. The fourth-order valence-corrected chi connectivity index (χ4v) is 7.41. The van der Waals surface area contributed by atoms with Gasteiger partial charge in [0.15, 0.2) is 0 Å². The first-order chi connectivity index (χ1) is 20.2. The molecule has 9 nitrogen and oxygen atoms in total. The number of benzene rings is 1. The van der Waals surface area contributed by atoms with E-state index in [9.17, 15) is 31.5 Å². The molecule has 3 heterocycles. The number of aliphatic carboxylic acids is 1. The Bertz CT molecular complexity index is 1790. The molecule has 14 heteroatoms. The SMILES string of the molecule is CC(NS(=O)(=O)c1ccc(-c2sc(-c3cc(CC(C)(C)C(=O)O)ncn3)nc2CC2CCC2)c2ccncc12)C(F)(F)F. The number of rotatable bonds is 10. The maximum Gasteiger partial charge on any atom is 0.404 e. The molecule has 0 amide bonds. The molecule has 3 aromatic heterocycles. The summed E-state index contributed by atoms with van der Waals surface area (Å²) < 4.78 is 67.4. The van der Waals surface area contributed by atoms with Gasteiger partial charge in [0.1, 0.15) is 23.1 Å². The Balaban J connectivity index is 1.60. The minimum atomic E-state index is -4.75. The summed E-state index contributed by atoms with van der Waals surface area (Å²) in [5.74, 6) is -0.492. The predicted molar refractivity (Wildman–Crippen MR) is 156 cm³/mol. The van der Waals surface area contributed by atoms with Crippen molar-refractivity contribution in [1.29, 1.82) is 0 Å². The van der Waals surface area contributed by atoms with Crippen LogP contribution in [0.3, 0.4) is 0 Å². The smallest absolute Gasteiger partial charge is 0.404 e. The molecule has 1 fully saturated rings. The molecule has 1 aromatic carbocycles. The second kappa shape index (κ2) is 11.5. The Hall–Kier alpha value is -3.49. The van der Waals surface area contributed by atoms with E-state index in [2.05, 4.69) is 15.0 Å². The van der Waals surface area contributed by atoms with Gasteiger partial charge in [-0.25, -0.2) is 23.4 Å². The molecule has 0 aliphatic heterocycles. The summed E-state index contributed by atoms with van der Waals surface area (Å²) in [6, 6.07) is 3.98. The molecule has 0 radical (unpaired) electrons. The number of aromatic nitrogens is 4. The Morgan fingerprint density at radius 1 is 1.16 bits per heavy atom. The lowest BCUT2D eigenvalue weighted by Gasteiger charge is -2.24. The van der Waals surface area contributed by atoms with E-state index in [-0.39, 0.29) is 16.7 Å². The zero-order chi connectivity index (χ0) is 31.2. The van der Waals surface area contributed by atoms with Crippen LogP contribution in [0.15, 0.2) is 47.9 Å². The summed E-state index contributed by atoms with van der Waals surface area (Å²) in [7, 11) is -4.54. The van der Waals surface area contributed by atoms with Crippen LogP contribution >= 0.6 is 11.3 Å². The van der Waals surface area contributed by atoms with Gasteiger partial charge < -0.3 is 5.11 Å². The van der Waals surface area contributed by atoms with Crippen LogP contribution in [0.5, 0.6) is 0 Å². The number of pyridine rings is 1. The number of carboxylic acids is 1. The van der Waals surface area contributed by atoms with E-state index >= 15 is 0 Å². The maximum absolute atomic E-state index is 13.2. The van der Waals surface area contributed by atoms with Crippen molar-refractivity contribution in [2.24, 2.45) is 11.3 Å². The fourth-order valence-electron chi connectivity index (χ4n) is 4.88. The summed E-state index contributed by atoms with van der Waals surface area (Å²) in [5.41, 5.74) is 1.55. The molecule has 0 saturated heterocycles. The first-order valence-corrected chi connectivity index (χ1v) is 16.0. The number of nitrogens with one attached hydrogen (secondary N) is 1. The molecule has 1 unspecified atom stereocenters. The Morgan fingerprint density at radius 2 is 1.91 bits per heavy atom. The molecule has 1 saturated carbocycles. The van der Waals surface area contributed by atoms with Crippen LogP contribution < -0.4 is 4.72 Å². The van der Waals surface area contributed by atoms with Gasteiger partial charge in [0.2, 0.25) is 10.0 Å². The Morgan fingerprint density at radius 3 is 2.56 bits per heavy atom. The van der Waals surface area contributed by atoms with Gasteiger partial charge in [-0.2, -0.15) is 17.9 Å². The third-order valence-corrected chi connectivity index (χ3v) is 10.4. The average molecular weight is 634 g/mol. The van der Waals surface area contributed by atoms with Crippen LogP contribution in [-0.4, -0.2) is 51.6 Å². The Kier molecular flexibility index (Phi) is 8.31.